The summed E-state index contributed by atoms with van der Waals surface area (Å²) in [6.07, 6.45) is 0. The van der Waals surface area contributed by atoms with Crippen molar-refractivity contribution in [2.24, 2.45) is 0 Å². The molecule has 100 valence electrons. The first-order chi connectivity index (χ1) is 8.99. The Morgan fingerprint density at radius 2 is 1.89 bits per heavy atom. The molecule has 19 heavy (non-hydrogen) atoms. The molecule has 0 bridgehead atoms. The summed E-state index contributed by atoms with van der Waals surface area (Å²) in [6, 6.07) is 8.02. The van der Waals surface area contributed by atoms with Gasteiger partial charge in [-0.2, -0.15) is 0 Å². The van der Waals surface area contributed by atoms with Crippen LogP contribution in [-0.2, 0) is 16.6 Å². The Bertz CT molecular complexity index is 628. The Labute approximate surface area is 116 Å². The summed E-state index contributed by atoms with van der Waals surface area (Å²) in [5.41, 5.74) is 5.76. The van der Waals surface area contributed by atoms with Crippen molar-refractivity contribution >= 4 is 28.1 Å². The van der Waals surface area contributed by atoms with Crippen molar-refractivity contribution < 1.29 is 13.0 Å². The van der Waals surface area contributed by atoms with Crippen LogP contribution in [0.1, 0.15) is 5.56 Å². The molecule has 1 atom stereocenters. The highest BCUT2D eigenvalue weighted by Crippen LogP contribution is 2.24. The van der Waals surface area contributed by atoms with Crippen molar-refractivity contribution in [3.63, 3.8) is 0 Å². The summed E-state index contributed by atoms with van der Waals surface area (Å²) in [5.74, 6) is -1.42. The zero-order valence-electron chi connectivity index (χ0n) is 9.70. The number of hydrogen-bond donors (Lipinski definition) is 1. The highest BCUT2D eigenvalue weighted by Gasteiger charge is 2.15. The monoisotopic (exact) mass is 301 g/mol. The highest BCUT2D eigenvalue weighted by atomic mass is 35.5. The molecule has 0 aliphatic heterocycles. The second kappa shape index (κ2) is 5.67. The zero-order valence-corrected chi connectivity index (χ0v) is 11.3. The molecule has 6 heteroatoms. The van der Waals surface area contributed by atoms with Gasteiger partial charge in [-0.15, -0.1) is 0 Å². The Morgan fingerprint density at radius 1 is 1.16 bits per heavy atom. The molecule has 0 heterocycles. The summed E-state index contributed by atoms with van der Waals surface area (Å²) in [6.45, 7) is 0. The van der Waals surface area contributed by atoms with Gasteiger partial charge in [0.1, 0.15) is 11.6 Å². The standard InChI is InChI=1S/C13H10ClF2NOS/c14-10-2-1-3-11(15)9(10)7-19(18)13-5-4-8(17)6-12(13)16/h1-6H,7,17H2. The van der Waals surface area contributed by atoms with Gasteiger partial charge in [0.25, 0.3) is 0 Å². The Balaban J connectivity index is 2.31. The van der Waals surface area contributed by atoms with Gasteiger partial charge in [0, 0.05) is 16.3 Å². The van der Waals surface area contributed by atoms with Gasteiger partial charge in [-0.25, -0.2) is 8.78 Å². The molecule has 0 aliphatic rings. The first-order valence-corrected chi connectivity index (χ1v) is 7.05. The molecular weight excluding hydrogens is 292 g/mol. The van der Waals surface area contributed by atoms with E-state index in [4.69, 9.17) is 17.3 Å². The molecule has 0 spiro atoms. The van der Waals surface area contributed by atoms with Crippen LogP contribution in [0.3, 0.4) is 0 Å². The smallest absolute Gasteiger partial charge is 0.141 e. The van der Waals surface area contributed by atoms with E-state index in [1.165, 1.54) is 30.3 Å². The first kappa shape index (κ1) is 14.0. The average Bonchev–Trinajstić information content (AvgIpc) is 2.33. The number of rotatable bonds is 3. The normalized spacial score (nSPS) is 12.4. The number of halogens is 3. The van der Waals surface area contributed by atoms with E-state index in [0.717, 1.165) is 6.07 Å². The van der Waals surface area contributed by atoms with Gasteiger partial charge >= 0.3 is 0 Å². The maximum absolute atomic E-state index is 13.6. The van der Waals surface area contributed by atoms with Gasteiger partial charge in [-0.1, -0.05) is 17.7 Å². The molecule has 0 radical (unpaired) electrons. The molecule has 0 aliphatic carbocycles. The van der Waals surface area contributed by atoms with Crippen LogP contribution in [0.5, 0.6) is 0 Å². The van der Waals surface area contributed by atoms with Crippen LogP contribution in [-0.4, -0.2) is 4.21 Å². The fraction of sp³-hybridized carbons (Fsp3) is 0.0769. The van der Waals surface area contributed by atoms with Crippen molar-refractivity contribution in [2.45, 2.75) is 10.6 Å². The van der Waals surface area contributed by atoms with Gasteiger partial charge in [0.2, 0.25) is 0 Å². The predicted molar refractivity (Wildman–Crippen MR) is 72.3 cm³/mol. The molecule has 0 saturated heterocycles. The van der Waals surface area contributed by atoms with Crippen molar-refractivity contribution in [3.8, 4) is 0 Å². The maximum atomic E-state index is 13.6. The lowest BCUT2D eigenvalue weighted by Gasteiger charge is -2.07. The number of nitrogens with two attached hydrogens (primary N) is 1. The summed E-state index contributed by atoms with van der Waals surface area (Å²) >= 11 is 5.84. The molecule has 2 aromatic carbocycles. The van der Waals surface area contributed by atoms with E-state index in [9.17, 15) is 13.0 Å². The lowest BCUT2D eigenvalue weighted by molar-refractivity contribution is 0.594. The molecule has 0 fully saturated rings. The van der Waals surface area contributed by atoms with Gasteiger partial charge in [-0.05, 0) is 30.3 Å². The number of benzene rings is 2. The quantitative estimate of drug-likeness (QED) is 0.882. The predicted octanol–water partition coefficient (Wildman–Crippen LogP) is 3.51. The average molecular weight is 302 g/mol. The largest absolute Gasteiger partial charge is 0.399 e. The number of anilines is 1. The lowest BCUT2D eigenvalue weighted by Crippen LogP contribution is -2.02. The molecule has 2 aromatic rings. The van der Waals surface area contributed by atoms with Crippen LogP contribution < -0.4 is 5.73 Å². The number of nitrogen functional groups attached to an aromatic ring is 1. The molecule has 2 rings (SSSR count). The highest BCUT2D eigenvalue weighted by molar-refractivity contribution is 7.84. The molecular formula is C13H10ClF2NOS. The summed E-state index contributed by atoms with van der Waals surface area (Å²) in [7, 11) is -1.73. The first-order valence-electron chi connectivity index (χ1n) is 5.35. The van der Waals surface area contributed by atoms with Crippen molar-refractivity contribution in [1.29, 1.82) is 0 Å². The minimum atomic E-state index is -1.73. The van der Waals surface area contributed by atoms with Gasteiger partial charge in [0.15, 0.2) is 0 Å². The summed E-state index contributed by atoms with van der Waals surface area (Å²) in [5, 5.41) is 0.171. The van der Waals surface area contributed by atoms with Crippen LogP contribution in [0.15, 0.2) is 41.3 Å². The van der Waals surface area contributed by atoms with E-state index in [2.05, 4.69) is 0 Å². The van der Waals surface area contributed by atoms with E-state index in [1.807, 2.05) is 0 Å². The van der Waals surface area contributed by atoms with Crippen LogP contribution in [0, 0.1) is 11.6 Å². The van der Waals surface area contributed by atoms with Gasteiger partial charge in [0.05, 0.1) is 21.4 Å². The Hall–Kier alpha value is -1.46. The Morgan fingerprint density at radius 3 is 2.53 bits per heavy atom. The molecule has 1 unspecified atom stereocenters. The van der Waals surface area contributed by atoms with Crippen molar-refractivity contribution in [1.82, 2.24) is 0 Å². The van der Waals surface area contributed by atoms with E-state index >= 15 is 0 Å². The summed E-state index contributed by atoms with van der Waals surface area (Å²) < 4.78 is 39.2. The van der Waals surface area contributed by atoms with Crippen LogP contribution >= 0.6 is 11.6 Å². The van der Waals surface area contributed by atoms with E-state index in [1.54, 1.807) is 0 Å². The van der Waals surface area contributed by atoms with Gasteiger partial charge in [-0.3, -0.25) is 4.21 Å². The third-order valence-electron chi connectivity index (χ3n) is 2.54. The molecule has 0 amide bonds. The molecule has 2 N–H and O–H groups in total. The second-order valence-electron chi connectivity index (χ2n) is 3.88. The minimum absolute atomic E-state index is 0.0199. The SMILES string of the molecule is Nc1ccc(S(=O)Cc2c(F)cccc2Cl)c(F)c1. The summed E-state index contributed by atoms with van der Waals surface area (Å²) in [4.78, 5) is -0.0199. The Kier molecular flexibility index (Phi) is 4.17. The van der Waals surface area contributed by atoms with E-state index in [-0.39, 0.29) is 26.9 Å². The van der Waals surface area contributed by atoms with Crippen molar-refractivity contribution in [2.75, 3.05) is 5.73 Å². The van der Waals surface area contributed by atoms with E-state index in [0.29, 0.717) is 0 Å². The second-order valence-corrected chi connectivity index (χ2v) is 5.71. The van der Waals surface area contributed by atoms with E-state index < -0.39 is 22.4 Å². The minimum Gasteiger partial charge on any atom is -0.399 e. The maximum Gasteiger partial charge on any atom is 0.141 e. The fourth-order valence-electron chi connectivity index (χ4n) is 1.58. The van der Waals surface area contributed by atoms with Crippen LogP contribution in [0.25, 0.3) is 0 Å². The molecule has 0 aromatic heterocycles. The molecule has 2 nitrogen and oxygen atoms in total. The lowest BCUT2D eigenvalue weighted by atomic mass is 10.2. The van der Waals surface area contributed by atoms with Crippen LogP contribution in [0.2, 0.25) is 5.02 Å². The van der Waals surface area contributed by atoms with Crippen molar-refractivity contribution in [3.05, 3.63) is 58.6 Å². The third kappa shape index (κ3) is 3.11. The zero-order chi connectivity index (χ0) is 14.0. The molecule has 0 saturated carbocycles. The third-order valence-corrected chi connectivity index (χ3v) is 4.26. The van der Waals surface area contributed by atoms with Gasteiger partial charge < -0.3 is 5.73 Å². The number of hydrogen-bond acceptors (Lipinski definition) is 2. The van der Waals surface area contributed by atoms with Crippen LogP contribution in [0.4, 0.5) is 14.5 Å². The fourth-order valence-corrected chi connectivity index (χ4v) is 3.10. The topological polar surface area (TPSA) is 43.1 Å².